The van der Waals surface area contributed by atoms with Gasteiger partial charge in [-0.25, -0.2) is 9.97 Å². The molecule has 1 amide bonds. The first-order chi connectivity index (χ1) is 11.6. The molecule has 0 aliphatic carbocycles. The van der Waals surface area contributed by atoms with E-state index < -0.39 is 0 Å². The van der Waals surface area contributed by atoms with Crippen LogP contribution in [0.5, 0.6) is 0 Å². The molecule has 0 unspecified atom stereocenters. The predicted molar refractivity (Wildman–Crippen MR) is 90.3 cm³/mol. The van der Waals surface area contributed by atoms with Gasteiger partial charge in [-0.05, 0) is 24.3 Å². The molecule has 3 heterocycles. The van der Waals surface area contributed by atoms with Crippen LogP contribution in [0.4, 0.5) is 5.69 Å². The van der Waals surface area contributed by atoms with E-state index in [1.807, 2.05) is 28.7 Å². The Morgan fingerprint density at radius 2 is 1.96 bits per heavy atom. The summed E-state index contributed by atoms with van der Waals surface area (Å²) < 4.78 is 1.84. The molecule has 0 aliphatic heterocycles. The Bertz CT molecular complexity index is 1110. The van der Waals surface area contributed by atoms with Crippen molar-refractivity contribution in [3.8, 4) is 0 Å². The third kappa shape index (κ3) is 2.23. The number of hydrogen-bond donors (Lipinski definition) is 1. The highest BCUT2D eigenvalue weighted by atomic mass is 16.2. The maximum Gasteiger partial charge on any atom is 0.276 e. The average molecular weight is 319 g/mol. The molecule has 4 rings (SSSR count). The van der Waals surface area contributed by atoms with Crippen LogP contribution in [0, 0.1) is 0 Å². The first kappa shape index (κ1) is 14.1. The predicted octanol–water partition coefficient (Wildman–Crippen LogP) is 1.85. The van der Waals surface area contributed by atoms with Crippen molar-refractivity contribution in [3.63, 3.8) is 0 Å². The molecule has 3 aromatic heterocycles. The molecule has 0 saturated carbocycles. The van der Waals surface area contributed by atoms with E-state index in [1.165, 1.54) is 17.2 Å². The first-order valence-electron chi connectivity index (χ1n) is 7.34. The van der Waals surface area contributed by atoms with Crippen LogP contribution in [0.3, 0.4) is 0 Å². The highest BCUT2D eigenvalue weighted by Gasteiger charge is 2.16. The van der Waals surface area contributed by atoms with Crippen LogP contribution < -0.4 is 10.5 Å². The number of benzene rings is 1. The smallest absolute Gasteiger partial charge is 0.276 e. The molecule has 0 bridgehead atoms. The van der Waals surface area contributed by atoms with Gasteiger partial charge in [-0.1, -0.05) is 12.1 Å². The average Bonchev–Trinajstić information content (AvgIpc) is 2.99. The number of nitrogens with one attached hydrogen (secondary N) is 1. The fourth-order valence-electron chi connectivity index (χ4n) is 2.57. The highest BCUT2D eigenvalue weighted by Crippen LogP contribution is 2.17. The number of nitrogens with zero attached hydrogens (tertiary/aromatic N) is 4. The molecule has 24 heavy (non-hydrogen) atoms. The molecule has 1 N–H and O–H groups in total. The van der Waals surface area contributed by atoms with Gasteiger partial charge in [-0.2, -0.15) is 0 Å². The molecule has 0 spiro atoms. The Balaban J connectivity index is 1.75. The van der Waals surface area contributed by atoms with Crippen LogP contribution in [-0.2, 0) is 0 Å². The minimum absolute atomic E-state index is 0.219. The van der Waals surface area contributed by atoms with Gasteiger partial charge in [0, 0.05) is 25.5 Å². The minimum Gasteiger partial charge on any atom is -0.327 e. The summed E-state index contributed by atoms with van der Waals surface area (Å²) >= 11 is 0. The number of carbonyl (C=O) groups is 1. The second-order valence-corrected chi connectivity index (χ2v) is 5.36. The molecule has 7 heteroatoms. The van der Waals surface area contributed by atoms with Crippen LogP contribution in [0.15, 0.2) is 59.7 Å². The summed E-state index contributed by atoms with van der Waals surface area (Å²) in [5.74, 6) is 0.188. The van der Waals surface area contributed by atoms with E-state index in [-0.39, 0.29) is 17.2 Å². The largest absolute Gasteiger partial charge is 0.327 e. The SMILES string of the molecule is CN(C(=O)c1ccn2c(n1)nc1ccccc12)c1ccc(=O)[nH]c1. The van der Waals surface area contributed by atoms with Gasteiger partial charge < -0.3 is 9.88 Å². The third-order valence-electron chi connectivity index (χ3n) is 3.86. The normalized spacial score (nSPS) is 11.0. The Labute approximate surface area is 136 Å². The molecule has 0 atom stereocenters. The van der Waals surface area contributed by atoms with E-state index in [4.69, 9.17) is 0 Å². The topological polar surface area (TPSA) is 83.4 Å². The lowest BCUT2D eigenvalue weighted by molar-refractivity contribution is 0.0988. The minimum atomic E-state index is -0.281. The second kappa shape index (κ2) is 5.31. The van der Waals surface area contributed by atoms with Gasteiger partial charge in [0.2, 0.25) is 11.3 Å². The number of para-hydroxylation sites is 2. The lowest BCUT2D eigenvalue weighted by atomic mass is 10.3. The number of hydrogen-bond acceptors (Lipinski definition) is 4. The zero-order chi connectivity index (χ0) is 16.7. The number of imidazole rings is 1. The molecular formula is C17H13N5O2. The summed E-state index contributed by atoms with van der Waals surface area (Å²) in [7, 11) is 1.63. The number of carbonyl (C=O) groups excluding carboxylic acids is 1. The van der Waals surface area contributed by atoms with Crippen molar-refractivity contribution in [2.45, 2.75) is 0 Å². The van der Waals surface area contributed by atoms with E-state index in [0.29, 0.717) is 11.5 Å². The molecule has 0 aliphatic rings. The zero-order valence-corrected chi connectivity index (χ0v) is 12.8. The van der Waals surface area contributed by atoms with E-state index in [9.17, 15) is 9.59 Å². The van der Waals surface area contributed by atoms with E-state index in [0.717, 1.165) is 11.0 Å². The molecular weight excluding hydrogens is 306 g/mol. The molecule has 0 radical (unpaired) electrons. The molecule has 1 aromatic carbocycles. The van der Waals surface area contributed by atoms with Crippen molar-refractivity contribution >= 4 is 28.4 Å². The second-order valence-electron chi connectivity index (χ2n) is 5.36. The van der Waals surface area contributed by atoms with Crippen molar-refractivity contribution in [1.29, 1.82) is 0 Å². The van der Waals surface area contributed by atoms with Crippen molar-refractivity contribution in [3.05, 3.63) is 70.9 Å². The summed E-state index contributed by atoms with van der Waals surface area (Å²) in [5.41, 5.74) is 2.40. The van der Waals surface area contributed by atoms with Crippen molar-refractivity contribution < 1.29 is 4.79 Å². The van der Waals surface area contributed by atoms with Gasteiger partial charge in [0.25, 0.3) is 5.91 Å². The van der Waals surface area contributed by atoms with Crippen molar-refractivity contribution in [1.82, 2.24) is 19.4 Å². The monoisotopic (exact) mass is 319 g/mol. The van der Waals surface area contributed by atoms with E-state index in [1.54, 1.807) is 25.4 Å². The Morgan fingerprint density at radius 3 is 2.75 bits per heavy atom. The number of aromatic nitrogens is 4. The number of rotatable bonds is 2. The molecule has 118 valence electrons. The summed E-state index contributed by atoms with van der Waals surface area (Å²) in [6, 6.07) is 12.3. The van der Waals surface area contributed by atoms with Crippen LogP contribution in [0.25, 0.3) is 16.8 Å². The lowest BCUT2D eigenvalue weighted by Gasteiger charge is -2.16. The first-order valence-corrected chi connectivity index (χ1v) is 7.34. The van der Waals surface area contributed by atoms with Crippen LogP contribution in [0.1, 0.15) is 10.5 Å². The molecule has 7 nitrogen and oxygen atoms in total. The van der Waals surface area contributed by atoms with Crippen LogP contribution in [-0.4, -0.2) is 32.3 Å². The number of fused-ring (bicyclic) bond motifs is 3. The van der Waals surface area contributed by atoms with Gasteiger partial charge in [-0.15, -0.1) is 0 Å². The van der Waals surface area contributed by atoms with E-state index in [2.05, 4.69) is 15.0 Å². The lowest BCUT2D eigenvalue weighted by Crippen LogP contribution is -2.27. The maximum absolute atomic E-state index is 12.6. The van der Waals surface area contributed by atoms with Crippen molar-refractivity contribution in [2.75, 3.05) is 11.9 Å². The third-order valence-corrected chi connectivity index (χ3v) is 3.86. The molecule has 0 fully saturated rings. The quantitative estimate of drug-likeness (QED) is 0.611. The number of anilines is 1. The fraction of sp³-hybridized carbons (Fsp3) is 0.0588. The van der Waals surface area contributed by atoms with Crippen LogP contribution in [0.2, 0.25) is 0 Å². The van der Waals surface area contributed by atoms with Gasteiger partial charge in [0.15, 0.2) is 0 Å². The van der Waals surface area contributed by atoms with Crippen LogP contribution >= 0.6 is 0 Å². The standard InChI is InChI=1S/C17H13N5O2/c1-21(11-6-7-15(23)18-10-11)16(24)13-8-9-22-14-5-3-2-4-12(14)19-17(22)20-13/h2-10H,1H3,(H,18,23). The maximum atomic E-state index is 12.6. The summed E-state index contributed by atoms with van der Waals surface area (Å²) in [5, 5.41) is 0. The summed E-state index contributed by atoms with van der Waals surface area (Å²) in [4.78, 5) is 36.5. The number of pyridine rings is 1. The number of H-pyrrole nitrogens is 1. The fourth-order valence-corrected chi connectivity index (χ4v) is 2.57. The summed E-state index contributed by atoms with van der Waals surface area (Å²) in [6.07, 6.45) is 3.27. The Kier molecular flexibility index (Phi) is 3.13. The van der Waals surface area contributed by atoms with Crippen molar-refractivity contribution in [2.24, 2.45) is 0 Å². The van der Waals surface area contributed by atoms with Gasteiger partial charge >= 0.3 is 0 Å². The Hall–Kier alpha value is -3.48. The summed E-state index contributed by atoms with van der Waals surface area (Å²) in [6.45, 7) is 0. The zero-order valence-electron chi connectivity index (χ0n) is 12.8. The number of aromatic amines is 1. The number of amides is 1. The van der Waals surface area contributed by atoms with Gasteiger partial charge in [-0.3, -0.25) is 14.0 Å². The van der Waals surface area contributed by atoms with Gasteiger partial charge in [0.05, 0.1) is 16.7 Å². The highest BCUT2D eigenvalue weighted by molar-refractivity contribution is 6.04. The van der Waals surface area contributed by atoms with E-state index >= 15 is 0 Å². The molecule has 0 saturated heterocycles. The molecule has 4 aromatic rings. The van der Waals surface area contributed by atoms with Gasteiger partial charge in [0.1, 0.15) is 5.69 Å². The Morgan fingerprint density at radius 1 is 1.12 bits per heavy atom.